The lowest BCUT2D eigenvalue weighted by molar-refractivity contribution is -0.139. The highest BCUT2D eigenvalue weighted by molar-refractivity contribution is 6.11. The lowest BCUT2D eigenvalue weighted by Crippen LogP contribution is -2.44. The smallest absolute Gasteiger partial charge is 0.254 e. The van der Waals surface area contributed by atoms with Crippen LogP contribution in [-0.4, -0.2) is 28.3 Å². The van der Waals surface area contributed by atoms with Crippen LogP contribution in [0.5, 0.6) is 0 Å². The molecule has 1 aromatic rings. The van der Waals surface area contributed by atoms with E-state index in [1.807, 2.05) is 44.2 Å². The van der Waals surface area contributed by atoms with Crippen LogP contribution in [0.3, 0.4) is 0 Å². The van der Waals surface area contributed by atoms with Gasteiger partial charge in [-0.1, -0.05) is 49.6 Å². The minimum atomic E-state index is -0.703. The maximum Gasteiger partial charge on any atom is 0.254 e. The summed E-state index contributed by atoms with van der Waals surface area (Å²) in [4.78, 5) is 13.0. The summed E-state index contributed by atoms with van der Waals surface area (Å²) in [7, 11) is 0. The van der Waals surface area contributed by atoms with E-state index in [9.17, 15) is 9.90 Å². The molecule has 1 saturated carbocycles. The van der Waals surface area contributed by atoms with Crippen LogP contribution in [-0.2, 0) is 4.79 Å². The van der Waals surface area contributed by atoms with Crippen LogP contribution in [0, 0.1) is 11.3 Å². The summed E-state index contributed by atoms with van der Waals surface area (Å²) in [5, 5.41) is 16.4. The molecular weight excluding hydrogens is 288 g/mol. The van der Waals surface area contributed by atoms with Crippen LogP contribution in [0.1, 0.15) is 57.6 Å². The number of hydrogen-bond donors (Lipinski definition) is 1. The molecule has 1 aliphatic carbocycles. The molecule has 1 fully saturated rings. The van der Waals surface area contributed by atoms with E-state index in [1.54, 1.807) is 0 Å². The van der Waals surface area contributed by atoms with Gasteiger partial charge in [0.25, 0.3) is 5.91 Å². The van der Waals surface area contributed by atoms with Crippen molar-refractivity contribution in [2.24, 2.45) is 16.4 Å². The highest BCUT2D eigenvalue weighted by atomic mass is 16.3. The molecule has 4 heteroatoms. The normalized spacial score (nSPS) is 27.2. The predicted octanol–water partition coefficient (Wildman–Crippen LogP) is 3.52. The first kappa shape index (κ1) is 16.2. The van der Waals surface area contributed by atoms with Crippen LogP contribution in [0.4, 0.5) is 0 Å². The van der Waals surface area contributed by atoms with Crippen molar-refractivity contribution in [2.45, 2.75) is 52.1 Å². The van der Waals surface area contributed by atoms with Gasteiger partial charge in [-0.2, -0.15) is 5.10 Å². The maximum atomic E-state index is 13.0. The van der Waals surface area contributed by atoms with Crippen LogP contribution in [0.15, 0.2) is 35.4 Å². The fraction of sp³-hybridized carbons (Fsp3) is 0.579. The molecule has 0 spiro atoms. The molecule has 124 valence electrons. The molecule has 1 N–H and O–H groups in total. The Kier molecular flexibility index (Phi) is 4.53. The second-order valence-electron chi connectivity index (χ2n) is 7.04. The highest BCUT2D eigenvalue weighted by Crippen LogP contribution is 2.44. The summed E-state index contributed by atoms with van der Waals surface area (Å²) in [6.45, 7) is 4.23. The van der Waals surface area contributed by atoms with Gasteiger partial charge in [0.05, 0.1) is 23.8 Å². The molecular formula is C19H26N2O2. The van der Waals surface area contributed by atoms with Crippen molar-refractivity contribution in [3.05, 3.63) is 35.9 Å². The minimum absolute atomic E-state index is 0.0527. The molecule has 1 heterocycles. The maximum absolute atomic E-state index is 13.0. The lowest BCUT2D eigenvalue weighted by Gasteiger charge is -2.35. The first-order valence-electron chi connectivity index (χ1n) is 8.64. The summed E-state index contributed by atoms with van der Waals surface area (Å²) in [6, 6.07) is 9.46. The van der Waals surface area contributed by atoms with E-state index in [1.165, 1.54) is 24.3 Å². The van der Waals surface area contributed by atoms with E-state index < -0.39 is 11.5 Å². The predicted molar refractivity (Wildman–Crippen MR) is 90.9 cm³/mol. The van der Waals surface area contributed by atoms with Crippen molar-refractivity contribution in [3.63, 3.8) is 0 Å². The third kappa shape index (κ3) is 2.92. The Hall–Kier alpha value is -1.68. The fourth-order valence-electron chi connectivity index (χ4n) is 3.97. The van der Waals surface area contributed by atoms with Crippen molar-refractivity contribution in [2.75, 3.05) is 6.54 Å². The molecule has 1 aliphatic heterocycles. The zero-order valence-corrected chi connectivity index (χ0v) is 14.0. The quantitative estimate of drug-likeness (QED) is 0.924. The number of aliphatic hydroxyl groups is 1. The van der Waals surface area contributed by atoms with Crippen molar-refractivity contribution < 1.29 is 9.90 Å². The van der Waals surface area contributed by atoms with Crippen molar-refractivity contribution in [1.29, 1.82) is 0 Å². The van der Waals surface area contributed by atoms with E-state index in [-0.39, 0.29) is 12.5 Å². The van der Waals surface area contributed by atoms with Crippen molar-refractivity contribution in [1.82, 2.24) is 5.01 Å². The number of carbonyl (C=O) groups excluding carboxylic acids is 1. The fourth-order valence-corrected chi connectivity index (χ4v) is 3.97. The van der Waals surface area contributed by atoms with Gasteiger partial charge in [-0.25, -0.2) is 5.01 Å². The van der Waals surface area contributed by atoms with E-state index in [0.717, 1.165) is 24.1 Å². The molecule has 0 bridgehead atoms. The number of benzene rings is 1. The SMILES string of the molecule is CC1=NN(CC(O)c2ccccc2)C(=O)[C@]1(C)C1CCCCC1. The molecule has 1 unspecified atom stereocenters. The van der Waals surface area contributed by atoms with E-state index >= 15 is 0 Å². The molecule has 23 heavy (non-hydrogen) atoms. The molecule has 3 rings (SSSR count). The Balaban J connectivity index is 1.74. The second-order valence-corrected chi connectivity index (χ2v) is 7.04. The third-order valence-electron chi connectivity index (χ3n) is 5.65. The lowest BCUT2D eigenvalue weighted by atomic mass is 9.67. The molecule has 0 radical (unpaired) electrons. The van der Waals surface area contributed by atoms with Crippen LogP contribution >= 0.6 is 0 Å². The molecule has 0 saturated heterocycles. The summed E-state index contributed by atoms with van der Waals surface area (Å²) in [5.41, 5.74) is 1.23. The van der Waals surface area contributed by atoms with E-state index in [0.29, 0.717) is 5.92 Å². The van der Waals surface area contributed by atoms with Gasteiger partial charge in [0.2, 0.25) is 0 Å². The van der Waals surface area contributed by atoms with Gasteiger partial charge in [-0.15, -0.1) is 0 Å². The number of hydrogen-bond acceptors (Lipinski definition) is 3. The summed E-state index contributed by atoms with van der Waals surface area (Å²) in [6.07, 6.45) is 5.17. The Morgan fingerprint density at radius 2 is 1.91 bits per heavy atom. The van der Waals surface area contributed by atoms with E-state index in [2.05, 4.69) is 5.10 Å². The Bertz CT molecular complexity index is 593. The number of rotatable bonds is 4. The number of aliphatic hydroxyl groups excluding tert-OH is 1. The zero-order valence-electron chi connectivity index (χ0n) is 14.0. The van der Waals surface area contributed by atoms with Crippen LogP contribution < -0.4 is 0 Å². The topological polar surface area (TPSA) is 52.9 Å². The summed E-state index contributed by atoms with van der Waals surface area (Å²) >= 11 is 0. The number of amides is 1. The van der Waals surface area contributed by atoms with Crippen molar-refractivity contribution >= 4 is 11.6 Å². The number of β-amino-alcohol motifs (C(OH)–C–C–N with tert-alkyl or cyclic N) is 1. The van der Waals surface area contributed by atoms with Gasteiger partial charge in [-0.3, -0.25) is 4.79 Å². The van der Waals surface area contributed by atoms with Gasteiger partial charge in [0.1, 0.15) is 0 Å². The Labute approximate surface area is 138 Å². The molecule has 2 atom stereocenters. The van der Waals surface area contributed by atoms with Crippen LogP contribution in [0.25, 0.3) is 0 Å². The Morgan fingerprint density at radius 1 is 1.26 bits per heavy atom. The minimum Gasteiger partial charge on any atom is -0.386 e. The van der Waals surface area contributed by atoms with Crippen molar-refractivity contribution in [3.8, 4) is 0 Å². The highest BCUT2D eigenvalue weighted by Gasteiger charge is 2.50. The van der Waals surface area contributed by atoms with Gasteiger partial charge in [0, 0.05) is 0 Å². The first-order chi connectivity index (χ1) is 11.0. The van der Waals surface area contributed by atoms with Gasteiger partial charge >= 0.3 is 0 Å². The largest absolute Gasteiger partial charge is 0.386 e. The Morgan fingerprint density at radius 3 is 2.57 bits per heavy atom. The van der Waals surface area contributed by atoms with Gasteiger partial charge in [-0.05, 0) is 38.2 Å². The van der Waals surface area contributed by atoms with Gasteiger partial charge < -0.3 is 5.11 Å². The molecule has 1 aromatic carbocycles. The van der Waals surface area contributed by atoms with Crippen LogP contribution in [0.2, 0.25) is 0 Å². The average Bonchev–Trinajstić information content (AvgIpc) is 2.81. The zero-order chi connectivity index (χ0) is 16.4. The summed E-state index contributed by atoms with van der Waals surface area (Å²) in [5.74, 6) is 0.434. The number of carbonyl (C=O) groups is 1. The third-order valence-corrected chi connectivity index (χ3v) is 5.65. The average molecular weight is 314 g/mol. The standard InChI is InChI=1S/C19H26N2O2/c1-14-19(2,16-11-7-4-8-12-16)18(23)21(20-14)13-17(22)15-9-5-3-6-10-15/h3,5-6,9-10,16-17,22H,4,7-8,11-13H2,1-2H3/t17?,19-/m0/s1. The molecule has 0 aromatic heterocycles. The van der Waals surface area contributed by atoms with E-state index in [4.69, 9.17) is 0 Å². The number of hydrazone groups is 1. The first-order valence-corrected chi connectivity index (χ1v) is 8.64. The molecule has 2 aliphatic rings. The monoisotopic (exact) mass is 314 g/mol. The number of nitrogens with zero attached hydrogens (tertiary/aromatic N) is 2. The summed E-state index contributed by atoms with van der Waals surface area (Å²) < 4.78 is 0. The molecule has 4 nitrogen and oxygen atoms in total. The second kappa shape index (κ2) is 6.44. The molecule has 1 amide bonds. The van der Waals surface area contributed by atoms with Gasteiger partial charge in [0.15, 0.2) is 0 Å².